The molecule has 0 bridgehead atoms. The Morgan fingerprint density at radius 3 is 2.72 bits per heavy atom. The normalized spacial score (nSPS) is 12.7. The van der Waals surface area contributed by atoms with Crippen molar-refractivity contribution in [2.45, 2.75) is 59.6 Å². The topological polar surface area (TPSA) is 44.1 Å². The fourth-order valence-corrected chi connectivity index (χ4v) is 2.11. The third kappa shape index (κ3) is 3.95. The van der Waals surface area contributed by atoms with Crippen molar-refractivity contribution in [1.29, 1.82) is 0 Å². The first kappa shape index (κ1) is 14.9. The van der Waals surface area contributed by atoms with Gasteiger partial charge in [-0.2, -0.15) is 5.10 Å². The molecule has 0 spiro atoms. The molecule has 0 N–H and O–H groups in total. The van der Waals surface area contributed by atoms with Crippen molar-refractivity contribution < 1.29 is 9.53 Å². The number of hydrogen-bond donors (Lipinski definition) is 0. The summed E-state index contributed by atoms with van der Waals surface area (Å²) in [5.74, 6) is 0.160. The summed E-state index contributed by atoms with van der Waals surface area (Å²) in [7, 11) is 0. The molecule has 1 heterocycles. The van der Waals surface area contributed by atoms with E-state index < -0.39 is 0 Å². The van der Waals surface area contributed by atoms with E-state index in [0.717, 1.165) is 30.8 Å². The van der Waals surface area contributed by atoms with Crippen LogP contribution in [0.3, 0.4) is 0 Å². The van der Waals surface area contributed by atoms with Crippen LogP contribution in [0.15, 0.2) is 6.07 Å². The van der Waals surface area contributed by atoms with Crippen molar-refractivity contribution in [3.63, 3.8) is 0 Å². The van der Waals surface area contributed by atoms with E-state index in [2.05, 4.69) is 12.0 Å². The summed E-state index contributed by atoms with van der Waals surface area (Å²) in [5.41, 5.74) is 1.95. The predicted molar refractivity (Wildman–Crippen MR) is 71.7 cm³/mol. The Kier molecular flexibility index (Phi) is 6.05. The highest BCUT2D eigenvalue weighted by atomic mass is 16.5. The first-order valence-electron chi connectivity index (χ1n) is 6.79. The molecule has 1 aromatic rings. The minimum Gasteiger partial charge on any atom is -0.371 e. The van der Waals surface area contributed by atoms with Crippen molar-refractivity contribution in [1.82, 2.24) is 9.78 Å². The second kappa shape index (κ2) is 7.31. The summed E-state index contributed by atoms with van der Waals surface area (Å²) in [6.07, 6.45) is 1.91. The molecule has 0 amide bonds. The summed E-state index contributed by atoms with van der Waals surface area (Å²) >= 11 is 0. The van der Waals surface area contributed by atoms with E-state index in [9.17, 15) is 4.79 Å². The number of carbonyl (C=O) groups excluding carboxylic acids is 1. The van der Waals surface area contributed by atoms with Crippen molar-refractivity contribution in [2.24, 2.45) is 0 Å². The summed E-state index contributed by atoms with van der Waals surface area (Å²) < 4.78 is 7.41. The Morgan fingerprint density at radius 1 is 1.44 bits per heavy atom. The number of ether oxygens (including phenoxy) is 1. The average molecular weight is 252 g/mol. The van der Waals surface area contributed by atoms with Crippen molar-refractivity contribution in [2.75, 3.05) is 6.61 Å². The van der Waals surface area contributed by atoms with Gasteiger partial charge in [0.25, 0.3) is 0 Å². The van der Waals surface area contributed by atoms with Crippen LogP contribution in [-0.2, 0) is 22.5 Å². The summed E-state index contributed by atoms with van der Waals surface area (Å²) in [5, 5.41) is 4.36. The molecule has 0 saturated carbocycles. The maximum absolute atomic E-state index is 12.2. The summed E-state index contributed by atoms with van der Waals surface area (Å²) in [6.45, 7) is 9.36. The van der Waals surface area contributed by atoms with Crippen LogP contribution < -0.4 is 0 Å². The minimum absolute atomic E-state index is 0.160. The van der Waals surface area contributed by atoms with Crippen LogP contribution >= 0.6 is 0 Å². The number of hydrogen-bond acceptors (Lipinski definition) is 3. The van der Waals surface area contributed by atoms with Gasteiger partial charge < -0.3 is 4.74 Å². The monoisotopic (exact) mass is 252 g/mol. The highest BCUT2D eigenvalue weighted by Crippen LogP contribution is 2.10. The van der Waals surface area contributed by atoms with Crippen LogP contribution in [0.25, 0.3) is 0 Å². The molecule has 4 nitrogen and oxygen atoms in total. The van der Waals surface area contributed by atoms with Crippen LogP contribution in [-0.4, -0.2) is 28.3 Å². The number of ketones is 1. The van der Waals surface area contributed by atoms with Crippen molar-refractivity contribution >= 4 is 5.78 Å². The van der Waals surface area contributed by atoms with Crippen LogP contribution in [0, 0.1) is 6.92 Å². The molecule has 0 aromatic carbocycles. The number of rotatable bonds is 8. The molecule has 0 radical (unpaired) electrons. The molecule has 4 heteroatoms. The Hall–Kier alpha value is -1.16. The lowest BCUT2D eigenvalue weighted by Gasteiger charge is -2.15. The van der Waals surface area contributed by atoms with E-state index >= 15 is 0 Å². The SMILES string of the molecule is CCCC(OCC)C(=O)Cc1cc(C)nn1CC. The average Bonchev–Trinajstić information content (AvgIpc) is 2.69. The van der Waals surface area contributed by atoms with Crippen LogP contribution in [0.1, 0.15) is 45.0 Å². The molecule has 1 aromatic heterocycles. The Labute approximate surface area is 109 Å². The van der Waals surface area contributed by atoms with Gasteiger partial charge in [0.15, 0.2) is 5.78 Å². The first-order valence-corrected chi connectivity index (χ1v) is 6.79. The smallest absolute Gasteiger partial charge is 0.167 e. The molecule has 102 valence electrons. The third-order valence-corrected chi connectivity index (χ3v) is 2.92. The standard InChI is InChI=1S/C14H24N2O2/c1-5-8-14(18-7-3)13(17)10-12-9-11(4)15-16(12)6-2/h9,14H,5-8,10H2,1-4H3. The van der Waals surface area contributed by atoms with Gasteiger partial charge in [0.2, 0.25) is 0 Å². The van der Waals surface area contributed by atoms with Crippen LogP contribution in [0.2, 0.25) is 0 Å². The van der Waals surface area contributed by atoms with Gasteiger partial charge in [0, 0.05) is 18.8 Å². The van der Waals surface area contributed by atoms with Crippen molar-refractivity contribution in [3.05, 3.63) is 17.5 Å². The van der Waals surface area contributed by atoms with E-state index in [4.69, 9.17) is 4.74 Å². The maximum Gasteiger partial charge on any atom is 0.167 e. The minimum atomic E-state index is -0.263. The van der Waals surface area contributed by atoms with E-state index in [0.29, 0.717) is 13.0 Å². The molecule has 1 rings (SSSR count). The van der Waals surface area contributed by atoms with E-state index in [1.165, 1.54) is 0 Å². The molecular formula is C14H24N2O2. The molecule has 18 heavy (non-hydrogen) atoms. The van der Waals surface area contributed by atoms with Crippen LogP contribution in [0.5, 0.6) is 0 Å². The van der Waals surface area contributed by atoms with Crippen molar-refractivity contribution in [3.8, 4) is 0 Å². The van der Waals surface area contributed by atoms with Gasteiger partial charge in [-0.3, -0.25) is 9.48 Å². The number of nitrogens with zero attached hydrogens (tertiary/aromatic N) is 2. The zero-order valence-corrected chi connectivity index (χ0v) is 11.9. The summed E-state index contributed by atoms with van der Waals surface area (Å²) in [6, 6.07) is 1.98. The zero-order valence-electron chi connectivity index (χ0n) is 11.9. The second-order valence-electron chi connectivity index (χ2n) is 4.47. The largest absolute Gasteiger partial charge is 0.371 e. The van der Waals surface area contributed by atoms with Gasteiger partial charge in [-0.05, 0) is 33.3 Å². The number of aryl methyl sites for hydroxylation is 2. The number of carbonyl (C=O) groups is 1. The summed E-state index contributed by atoms with van der Waals surface area (Å²) in [4.78, 5) is 12.2. The molecule has 1 atom stereocenters. The van der Waals surface area contributed by atoms with Crippen LogP contribution in [0.4, 0.5) is 0 Å². The Morgan fingerprint density at radius 2 is 2.17 bits per heavy atom. The Balaban J connectivity index is 2.71. The molecule has 0 fully saturated rings. The van der Waals surface area contributed by atoms with Gasteiger partial charge in [-0.25, -0.2) is 0 Å². The first-order chi connectivity index (χ1) is 8.62. The molecular weight excluding hydrogens is 228 g/mol. The molecule has 0 aliphatic heterocycles. The lowest BCUT2D eigenvalue weighted by molar-refractivity contribution is -0.130. The van der Waals surface area contributed by atoms with Gasteiger partial charge in [-0.15, -0.1) is 0 Å². The second-order valence-corrected chi connectivity index (χ2v) is 4.47. The quantitative estimate of drug-likeness (QED) is 0.714. The lowest BCUT2D eigenvalue weighted by atomic mass is 10.1. The fraction of sp³-hybridized carbons (Fsp3) is 0.714. The zero-order chi connectivity index (χ0) is 13.5. The third-order valence-electron chi connectivity index (χ3n) is 2.92. The van der Waals surface area contributed by atoms with E-state index in [-0.39, 0.29) is 11.9 Å². The highest BCUT2D eigenvalue weighted by Gasteiger charge is 2.19. The molecule has 0 aliphatic rings. The van der Waals surface area contributed by atoms with E-state index in [1.54, 1.807) is 0 Å². The molecule has 0 aliphatic carbocycles. The molecule has 0 saturated heterocycles. The highest BCUT2D eigenvalue weighted by molar-refractivity contribution is 5.84. The van der Waals surface area contributed by atoms with Gasteiger partial charge in [0.05, 0.1) is 12.1 Å². The number of aromatic nitrogens is 2. The maximum atomic E-state index is 12.2. The number of Topliss-reactive ketones (excluding diaryl/α,β-unsaturated/α-hetero) is 1. The predicted octanol–water partition coefficient (Wildman–Crippen LogP) is 2.53. The molecule has 1 unspecified atom stereocenters. The van der Waals surface area contributed by atoms with Gasteiger partial charge in [-0.1, -0.05) is 13.3 Å². The fourth-order valence-electron chi connectivity index (χ4n) is 2.11. The van der Waals surface area contributed by atoms with Gasteiger partial charge >= 0.3 is 0 Å². The Bertz CT molecular complexity index is 379. The lowest BCUT2D eigenvalue weighted by Crippen LogP contribution is -2.26. The van der Waals surface area contributed by atoms with E-state index in [1.807, 2.05) is 31.5 Å². The van der Waals surface area contributed by atoms with Gasteiger partial charge in [0.1, 0.15) is 6.10 Å².